The van der Waals surface area contributed by atoms with Gasteiger partial charge in [0, 0.05) is 49.6 Å². The first kappa shape index (κ1) is 17.2. The number of hydrogen-bond acceptors (Lipinski definition) is 4. The van der Waals surface area contributed by atoms with E-state index in [1.165, 1.54) is 12.3 Å². The summed E-state index contributed by atoms with van der Waals surface area (Å²) in [6.45, 7) is 1.66. The lowest BCUT2D eigenvalue weighted by Crippen LogP contribution is -2.34. The number of hydrogen-bond donors (Lipinski definition) is 0. The molecule has 1 aliphatic heterocycles. The van der Waals surface area contributed by atoms with Crippen molar-refractivity contribution >= 4 is 5.69 Å². The summed E-state index contributed by atoms with van der Waals surface area (Å²) in [4.78, 5) is 10.7. The number of anilines is 1. The van der Waals surface area contributed by atoms with Gasteiger partial charge in [0.1, 0.15) is 11.9 Å². The number of aromatic nitrogens is 3. The minimum absolute atomic E-state index is 0.380. The second kappa shape index (κ2) is 7.20. The quantitative estimate of drug-likeness (QED) is 0.710. The molecule has 5 nitrogen and oxygen atoms in total. The van der Waals surface area contributed by atoms with E-state index in [1.54, 1.807) is 6.20 Å². The summed E-state index contributed by atoms with van der Waals surface area (Å²) in [7, 11) is 1.98. The minimum Gasteiger partial charge on any atom is -0.370 e. The van der Waals surface area contributed by atoms with E-state index < -0.39 is 0 Å². The number of aryl methyl sites for hydroxylation is 1. The molecular formula is C21H20FN5. The third-order valence-electron chi connectivity index (χ3n) is 5.13. The van der Waals surface area contributed by atoms with Crippen molar-refractivity contribution in [2.24, 2.45) is 7.05 Å². The van der Waals surface area contributed by atoms with Crippen LogP contribution in [0.5, 0.6) is 0 Å². The van der Waals surface area contributed by atoms with Crippen molar-refractivity contribution in [1.29, 1.82) is 5.26 Å². The normalized spacial score (nSPS) is 14.9. The summed E-state index contributed by atoms with van der Waals surface area (Å²) < 4.78 is 15.7. The van der Waals surface area contributed by atoms with Gasteiger partial charge in [-0.3, -0.25) is 4.98 Å². The second-order valence-corrected chi connectivity index (χ2v) is 6.93. The monoisotopic (exact) mass is 361 g/mol. The third kappa shape index (κ3) is 3.41. The van der Waals surface area contributed by atoms with Gasteiger partial charge in [0.05, 0.1) is 29.5 Å². The highest BCUT2D eigenvalue weighted by atomic mass is 19.1. The van der Waals surface area contributed by atoms with E-state index >= 15 is 0 Å². The molecular weight excluding hydrogens is 341 g/mol. The van der Waals surface area contributed by atoms with Crippen LogP contribution in [-0.4, -0.2) is 27.6 Å². The van der Waals surface area contributed by atoms with E-state index in [2.05, 4.69) is 27.1 Å². The van der Waals surface area contributed by atoms with Gasteiger partial charge in [-0.05, 0) is 25.0 Å². The predicted octanol–water partition coefficient (Wildman–Crippen LogP) is 3.88. The number of benzene rings is 1. The average Bonchev–Trinajstić information content (AvgIpc) is 3.14. The number of imidazole rings is 1. The van der Waals surface area contributed by atoms with E-state index in [0.717, 1.165) is 42.9 Å². The molecule has 1 saturated heterocycles. The fourth-order valence-electron chi connectivity index (χ4n) is 3.81. The summed E-state index contributed by atoms with van der Waals surface area (Å²) in [5.74, 6) is 0.0469. The standard InChI is InChI=1S/C21H20FN5/c1-26-13-20(25-14-26)15-5-7-27(8-6-15)21-16(10-23)3-2-4-19(21)17-9-18(22)12-24-11-17/h2-4,9,11-15H,5-8H2,1H3. The van der Waals surface area contributed by atoms with Crippen molar-refractivity contribution in [3.05, 3.63) is 66.3 Å². The first-order chi connectivity index (χ1) is 13.2. The Hall–Kier alpha value is -3.20. The molecule has 1 fully saturated rings. The molecule has 3 heterocycles. The molecule has 6 heteroatoms. The second-order valence-electron chi connectivity index (χ2n) is 6.93. The largest absolute Gasteiger partial charge is 0.370 e. The van der Waals surface area contributed by atoms with Crippen molar-refractivity contribution < 1.29 is 4.39 Å². The molecule has 27 heavy (non-hydrogen) atoms. The molecule has 0 radical (unpaired) electrons. The summed E-state index contributed by atoms with van der Waals surface area (Å²) in [5, 5.41) is 9.63. The number of para-hydroxylation sites is 1. The summed E-state index contributed by atoms with van der Waals surface area (Å²) >= 11 is 0. The van der Waals surface area contributed by atoms with Gasteiger partial charge in [-0.1, -0.05) is 12.1 Å². The topological polar surface area (TPSA) is 57.7 Å². The van der Waals surface area contributed by atoms with Crippen molar-refractivity contribution in [2.45, 2.75) is 18.8 Å². The van der Waals surface area contributed by atoms with Gasteiger partial charge in [0.25, 0.3) is 0 Å². The third-order valence-corrected chi connectivity index (χ3v) is 5.13. The molecule has 0 bridgehead atoms. The van der Waals surface area contributed by atoms with Crippen LogP contribution in [-0.2, 0) is 7.05 Å². The molecule has 3 aromatic rings. The highest BCUT2D eigenvalue weighted by molar-refractivity contribution is 5.82. The van der Waals surface area contributed by atoms with E-state index in [4.69, 9.17) is 0 Å². The first-order valence-corrected chi connectivity index (χ1v) is 9.02. The minimum atomic E-state index is -0.380. The predicted molar refractivity (Wildman–Crippen MR) is 102 cm³/mol. The highest BCUT2D eigenvalue weighted by Crippen LogP contribution is 2.37. The van der Waals surface area contributed by atoms with Crippen molar-refractivity contribution in [3.63, 3.8) is 0 Å². The molecule has 136 valence electrons. The maximum atomic E-state index is 13.7. The zero-order chi connectivity index (χ0) is 18.8. The number of piperidine rings is 1. The van der Waals surface area contributed by atoms with Gasteiger partial charge in [-0.2, -0.15) is 5.26 Å². The summed E-state index contributed by atoms with van der Waals surface area (Å²) in [6, 6.07) is 9.34. The molecule has 2 aromatic heterocycles. The molecule has 0 N–H and O–H groups in total. The van der Waals surface area contributed by atoms with Crippen LogP contribution in [0.25, 0.3) is 11.1 Å². The first-order valence-electron chi connectivity index (χ1n) is 9.02. The molecule has 0 spiro atoms. The van der Waals surface area contributed by atoms with Gasteiger partial charge in [0.2, 0.25) is 0 Å². The molecule has 0 unspecified atom stereocenters. The van der Waals surface area contributed by atoms with Crippen LogP contribution < -0.4 is 4.90 Å². The van der Waals surface area contributed by atoms with Gasteiger partial charge in [-0.25, -0.2) is 9.37 Å². The van der Waals surface area contributed by atoms with Crippen molar-refractivity contribution in [1.82, 2.24) is 14.5 Å². The van der Waals surface area contributed by atoms with Crippen LogP contribution in [0.3, 0.4) is 0 Å². The molecule has 1 aromatic carbocycles. The molecule has 4 rings (SSSR count). The van der Waals surface area contributed by atoms with Crippen LogP contribution in [0.1, 0.15) is 30.0 Å². The Morgan fingerprint density at radius 1 is 1.22 bits per heavy atom. The molecule has 0 saturated carbocycles. The zero-order valence-electron chi connectivity index (χ0n) is 15.1. The van der Waals surface area contributed by atoms with Crippen molar-refractivity contribution in [2.75, 3.05) is 18.0 Å². The highest BCUT2D eigenvalue weighted by Gasteiger charge is 2.25. The Labute approximate surface area is 157 Å². The lowest BCUT2D eigenvalue weighted by atomic mass is 9.92. The smallest absolute Gasteiger partial charge is 0.142 e. The Balaban J connectivity index is 1.65. The van der Waals surface area contributed by atoms with E-state index in [1.807, 2.05) is 36.1 Å². The SMILES string of the molecule is Cn1cnc(C2CCN(c3c(C#N)cccc3-c3cncc(F)c3)CC2)c1. The number of nitrogens with zero attached hydrogens (tertiary/aromatic N) is 5. The Morgan fingerprint density at radius 2 is 2.04 bits per heavy atom. The number of pyridine rings is 1. The molecule has 0 atom stereocenters. The Morgan fingerprint density at radius 3 is 2.70 bits per heavy atom. The van der Waals surface area contributed by atoms with Crippen LogP contribution in [0.15, 0.2) is 49.2 Å². The Kier molecular flexibility index (Phi) is 4.59. The van der Waals surface area contributed by atoms with Gasteiger partial charge in [-0.15, -0.1) is 0 Å². The van der Waals surface area contributed by atoms with Gasteiger partial charge in [0.15, 0.2) is 0 Å². The van der Waals surface area contributed by atoms with Crippen LogP contribution in [0.2, 0.25) is 0 Å². The average molecular weight is 361 g/mol. The van der Waals surface area contributed by atoms with Crippen LogP contribution in [0, 0.1) is 17.1 Å². The van der Waals surface area contributed by atoms with E-state index in [0.29, 0.717) is 17.0 Å². The summed E-state index contributed by atoms with van der Waals surface area (Å²) in [6.07, 6.45) is 8.68. The number of halogens is 1. The van der Waals surface area contributed by atoms with E-state index in [9.17, 15) is 9.65 Å². The van der Waals surface area contributed by atoms with Gasteiger partial charge >= 0.3 is 0 Å². The van der Waals surface area contributed by atoms with Crippen LogP contribution in [0.4, 0.5) is 10.1 Å². The fraction of sp³-hybridized carbons (Fsp3) is 0.286. The van der Waals surface area contributed by atoms with Crippen molar-refractivity contribution in [3.8, 4) is 17.2 Å². The number of rotatable bonds is 3. The maximum Gasteiger partial charge on any atom is 0.142 e. The zero-order valence-corrected chi connectivity index (χ0v) is 15.1. The van der Waals surface area contributed by atoms with Gasteiger partial charge < -0.3 is 9.47 Å². The molecule has 1 aliphatic rings. The molecule has 0 aliphatic carbocycles. The number of nitriles is 1. The molecule has 0 amide bonds. The maximum absolute atomic E-state index is 13.7. The van der Waals surface area contributed by atoms with Crippen LogP contribution >= 0.6 is 0 Å². The summed E-state index contributed by atoms with van der Waals surface area (Å²) in [5.41, 5.74) is 4.13. The van der Waals surface area contributed by atoms with E-state index in [-0.39, 0.29) is 5.82 Å². The fourth-order valence-corrected chi connectivity index (χ4v) is 3.81. The lowest BCUT2D eigenvalue weighted by molar-refractivity contribution is 0.497. The lowest BCUT2D eigenvalue weighted by Gasteiger charge is -2.34. The Bertz CT molecular complexity index is 996.